The number of para-hydroxylation sites is 6. The van der Waals surface area contributed by atoms with Gasteiger partial charge in [-0.05, 0) is 108 Å². The number of hydrogen-bond acceptors (Lipinski definition) is 2. The minimum Gasteiger partial charge on any atom is -0.309 e. The molecule has 70 heavy (non-hydrogen) atoms. The highest BCUT2D eigenvalue weighted by Crippen LogP contribution is 2.42. The summed E-state index contributed by atoms with van der Waals surface area (Å²) in [4.78, 5) is 10.2. The third kappa shape index (κ3) is 5.06. The first kappa shape index (κ1) is 37.6. The van der Waals surface area contributed by atoms with E-state index in [4.69, 9.17) is 9.97 Å². The van der Waals surface area contributed by atoms with E-state index >= 15 is 0 Å². The molecule has 0 radical (unpaired) electrons. The average Bonchev–Trinajstić information content (AvgIpc) is 4.15. The molecular weight excluding hydrogens is 853 g/mol. The van der Waals surface area contributed by atoms with Gasteiger partial charge in [-0.25, -0.2) is 0 Å². The number of fused-ring (bicyclic) bond motifs is 18. The van der Waals surface area contributed by atoms with Crippen LogP contribution in [-0.4, -0.2) is 28.2 Å². The standard InChI is InChI=1S/C64H38N6/c1-7-19-55-45(13-1)46-14-2-8-20-56(46)67(55)41-27-31-61-51(35-41)49-17-5-11-23-59(49)69(61)39-25-29-43-44-30-26-40(38-54(44)64-63(53(43)37-39)65-33-34-66-64)70-60-24-12-6-18-50(60)52-36-42(28-32-62(52)70)68-57-21-9-3-15-47(57)48-16-4-10-22-58(48)68/h1-38H. The molecule has 11 aromatic carbocycles. The maximum absolute atomic E-state index is 5.08. The van der Waals surface area contributed by atoms with Crippen molar-refractivity contribution in [3.8, 4) is 22.7 Å². The summed E-state index contributed by atoms with van der Waals surface area (Å²) in [5.74, 6) is 0. The largest absolute Gasteiger partial charge is 0.309 e. The predicted molar refractivity (Wildman–Crippen MR) is 292 cm³/mol. The van der Waals surface area contributed by atoms with Gasteiger partial charge in [0.25, 0.3) is 0 Å². The molecule has 5 heterocycles. The SMILES string of the molecule is c1ccc2c(c1)c1ccccc1n2-c1ccc2c(c1)c1ccccc1n2-c1ccc2c3ccc(-n4c5ccccc5c5cc(-n6c7ccccc7c7ccccc76)ccc54)cc3c3nccnc3c2c1. The van der Waals surface area contributed by atoms with Crippen LogP contribution in [0, 0.1) is 0 Å². The van der Waals surface area contributed by atoms with Crippen LogP contribution in [0.3, 0.4) is 0 Å². The predicted octanol–water partition coefficient (Wildman–Crippen LogP) is 16.3. The van der Waals surface area contributed by atoms with E-state index in [0.29, 0.717) is 0 Å². The Hall–Kier alpha value is -9.52. The highest BCUT2D eigenvalue weighted by atomic mass is 15.0. The fourth-order valence-electron chi connectivity index (χ4n) is 12.1. The molecule has 16 rings (SSSR count). The Balaban J connectivity index is 0.869. The summed E-state index contributed by atoms with van der Waals surface area (Å²) < 4.78 is 9.62. The van der Waals surface area contributed by atoms with E-state index in [1.54, 1.807) is 0 Å². The van der Waals surface area contributed by atoms with Crippen LogP contribution in [0.1, 0.15) is 0 Å². The van der Waals surface area contributed by atoms with Gasteiger partial charge in [-0.1, -0.05) is 121 Å². The molecule has 16 aromatic rings. The maximum Gasteiger partial charge on any atom is 0.0972 e. The zero-order valence-electron chi connectivity index (χ0n) is 37.6. The lowest BCUT2D eigenvalue weighted by Gasteiger charge is -2.15. The Morgan fingerprint density at radius 2 is 0.443 bits per heavy atom. The van der Waals surface area contributed by atoms with Crippen molar-refractivity contribution in [3.63, 3.8) is 0 Å². The quantitative estimate of drug-likeness (QED) is 0.165. The maximum atomic E-state index is 5.08. The van der Waals surface area contributed by atoms with Crippen molar-refractivity contribution in [1.82, 2.24) is 28.2 Å². The average molecular weight is 891 g/mol. The fourth-order valence-corrected chi connectivity index (χ4v) is 12.1. The first-order valence-electron chi connectivity index (χ1n) is 23.9. The van der Waals surface area contributed by atoms with E-state index in [1.165, 1.54) is 65.2 Å². The van der Waals surface area contributed by atoms with Gasteiger partial charge in [0.2, 0.25) is 0 Å². The monoisotopic (exact) mass is 890 g/mol. The molecule has 0 saturated heterocycles. The molecule has 0 spiro atoms. The molecule has 0 bridgehead atoms. The third-order valence-electron chi connectivity index (χ3n) is 15.0. The van der Waals surface area contributed by atoms with Crippen LogP contribution in [0.5, 0.6) is 0 Å². The molecule has 6 nitrogen and oxygen atoms in total. The van der Waals surface area contributed by atoms with Gasteiger partial charge in [0, 0.05) is 89.0 Å². The van der Waals surface area contributed by atoms with Crippen LogP contribution in [0.2, 0.25) is 0 Å². The summed E-state index contributed by atoms with van der Waals surface area (Å²) in [5, 5.41) is 14.3. The molecule has 0 aliphatic rings. The lowest BCUT2D eigenvalue weighted by atomic mass is 9.98. The smallest absolute Gasteiger partial charge is 0.0972 e. The van der Waals surface area contributed by atoms with Crippen LogP contribution in [0.15, 0.2) is 231 Å². The number of rotatable bonds is 4. The van der Waals surface area contributed by atoms with Crippen LogP contribution in [0.25, 0.3) is 143 Å². The van der Waals surface area contributed by atoms with Crippen LogP contribution >= 0.6 is 0 Å². The fraction of sp³-hybridized carbons (Fsp3) is 0. The van der Waals surface area contributed by atoms with E-state index in [0.717, 1.165) is 77.4 Å². The third-order valence-corrected chi connectivity index (χ3v) is 15.0. The summed E-state index contributed by atoms with van der Waals surface area (Å²) in [5.41, 5.74) is 15.6. The van der Waals surface area contributed by atoms with Crippen molar-refractivity contribution < 1.29 is 0 Å². The minimum absolute atomic E-state index is 0.886. The molecule has 6 heteroatoms. The molecular formula is C64H38N6. The van der Waals surface area contributed by atoms with E-state index in [-0.39, 0.29) is 0 Å². The van der Waals surface area contributed by atoms with Crippen molar-refractivity contribution in [2.24, 2.45) is 0 Å². The molecule has 0 unspecified atom stereocenters. The number of hydrogen-bond donors (Lipinski definition) is 0. The summed E-state index contributed by atoms with van der Waals surface area (Å²) in [7, 11) is 0. The molecule has 0 N–H and O–H groups in total. The lowest BCUT2D eigenvalue weighted by Crippen LogP contribution is -1.98. The number of nitrogens with zero attached hydrogens (tertiary/aromatic N) is 6. The van der Waals surface area contributed by atoms with Crippen LogP contribution in [-0.2, 0) is 0 Å². The van der Waals surface area contributed by atoms with Gasteiger partial charge in [-0.15, -0.1) is 0 Å². The zero-order valence-corrected chi connectivity index (χ0v) is 37.6. The highest BCUT2D eigenvalue weighted by molar-refractivity contribution is 6.24. The Labute approximate surface area is 399 Å². The molecule has 0 amide bonds. The summed E-state index contributed by atoms with van der Waals surface area (Å²) in [6.07, 6.45) is 3.64. The molecule has 0 saturated carbocycles. The first-order valence-corrected chi connectivity index (χ1v) is 23.9. The van der Waals surface area contributed by atoms with Crippen molar-refractivity contribution in [1.29, 1.82) is 0 Å². The van der Waals surface area contributed by atoms with Crippen molar-refractivity contribution >= 4 is 120 Å². The Kier molecular flexibility index (Phi) is 7.52. The van der Waals surface area contributed by atoms with Gasteiger partial charge in [-0.3, -0.25) is 9.97 Å². The van der Waals surface area contributed by atoms with Crippen molar-refractivity contribution in [3.05, 3.63) is 231 Å². The van der Waals surface area contributed by atoms with E-state index < -0.39 is 0 Å². The second kappa shape index (κ2) is 14.0. The van der Waals surface area contributed by atoms with Gasteiger partial charge in [0.15, 0.2) is 0 Å². The summed E-state index contributed by atoms with van der Waals surface area (Å²) in [6.45, 7) is 0. The Morgan fingerprint density at radius 3 is 0.757 bits per heavy atom. The molecule has 0 atom stereocenters. The van der Waals surface area contributed by atoms with Gasteiger partial charge < -0.3 is 18.3 Å². The Bertz CT molecular complexity index is 4470. The zero-order chi connectivity index (χ0) is 45.6. The van der Waals surface area contributed by atoms with E-state index in [1.807, 2.05) is 12.4 Å². The summed E-state index contributed by atoms with van der Waals surface area (Å²) >= 11 is 0. The second-order valence-electron chi connectivity index (χ2n) is 18.6. The molecule has 0 aliphatic carbocycles. The summed E-state index contributed by atoms with van der Waals surface area (Å²) in [6, 6.07) is 80.0. The van der Waals surface area contributed by atoms with Gasteiger partial charge in [0.05, 0.1) is 55.2 Å². The van der Waals surface area contributed by atoms with Crippen LogP contribution < -0.4 is 0 Å². The van der Waals surface area contributed by atoms with Crippen molar-refractivity contribution in [2.75, 3.05) is 0 Å². The van der Waals surface area contributed by atoms with Gasteiger partial charge >= 0.3 is 0 Å². The molecule has 5 aromatic heterocycles. The number of aromatic nitrogens is 6. The van der Waals surface area contributed by atoms with Gasteiger partial charge in [0.1, 0.15) is 0 Å². The normalized spacial score (nSPS) is 12.3. The minimum atomic E-state index is 0.886. The van der Waals surface area contributed by atoms with Gasteiger partial charge in [-0.2, -0.15) is 0 Å². The highest BCUT2D eigenvalue weighted by Gasteiger charge is 2.21. The molecule has 0 fully saturated rings. The van der Waals surface area contributed by atoms with E-state index in [2.05, 4.69) is 237 Å². The molecule has 324 valence electrons. The Morgan fingerprint density at radius 1 is 0.200 bits per heavy atom. The number of benzene rings is 11. The topological polar surface area (TPSA) is 45.5 Å². The lowest BCUT2D eigenvalue weighted by molar-refractivity contribution is 1.17. The van der Waals surface area contributed by atoms with E-state index in [9.17, 15) is 0 Å². The molecule has 0 aliphatic heterocycles. The second-order valence-corrected chi connectivity index (χ2v) is 18.6. The van der Waals surface area contributed by atoms with Crippen LogP contribution in [0.4, 0.5) is 0 Å². The first-order chi connectivity index (χ1) is 34.7. The van der Waals surface area contributed by atoms with Crippen molar-refractivity contribution in [2.45, 2.75) is 0 Å².